The Balaban J connectivity index is 0.000000174. The van der Waals surface area contributed by atoms with Gasteiger partial charge in [0.05, 0.1) is 56.9 Å². The van der Waals surface area contributed by atoms with Crippen molar-refractivity contribution < 1.29 is 85.6 Å². The van der Waals surface area contributed by atoms with E-state index in [2.05, 4.69) is 54.7 Å². The zero-order valence-corrected chi connectivity index (χ0v) is 42.1. The first-order valence-electron chi connectivity index (χ1n) is 25.3. The Hall–Kier alpha value is -3.49. The highest BCUT2D eigenvalue weighted by molar-refractivity contribution is 5.89. The van der Waals surface area contributed by atoms with Gasteiger partial charge >= 0.3 is 29.8 Å². The molecule has 6 bridgehead atoms. The molecule has 11 rings (SSSR count). The minimum absolute atomic E-state index is 0.0362. The van der Waals surface area contributed by atoms with Crippen molar-refractivity contribution in [2.45, 2.75) is 167 Å². The van der Waals surface area contributed by atoms with E-state index in [1.807, 2.05) is 0 Å². The third kappa shape index (κ3) is 10.5. The summed E-state index contributed by atoms with van der Waals surface area (Å²) in [4.78, 5) is 64.1. The van der Waals surface area contributed by atoms with Crippen LogP contribution in [0, 0.1) is 51.8 Å². The van der Waals surface area contributed by atoms with Crippen molar-refractivity contribution in [3.63, 3.8) is 0 Å². The highest BCUT2D eigenvalue weighted by Gasteiger charge is 2.71. The maximum Gasteiger partial charge on any atom is 0.333 e. The SMILES string of the molecule is C=C(C)C(=O)OC12CC3CC(C1)CC(C(=O)OC1COC4C(OCOCC(C)(C)C)COC14)(C3)C2.C=C(C)C(=O)OC1C2CC3C1OC(=O)C3C2C(=O)OC1COC2C(OCOCC(C)(C)C)COC12. The van der Waals surface area contributed by atoms with Crippen molar-refractivity contribution in [2.24, 2.45) is 51.8 Å². The summed E-state index contributed by atoms with van der Waals surface area (Å²) < 4.78 is 75.5. The number of rotatable bonds is 16. The summed E-state index contributed by atoms with van der Waals surface area (Å²) in [5, 5.41) is 0. The summed E-state index contributed by atoms with van der Waals surface area (Å²) in [5.41, 5.74) is -0.434. The van der Waals surface area contributed by atoms with E-state index >= 15 is 0 Å². The van der Waals surface area contributed by atoms with Crippen molar-refractivity contribution >= 4 is 29.8 Å². The Bertz CT molecular complexity index is 2020. The molecule has 70 heavy (non-hydrogen) atoms. The predicted molar refractivity (Wildman–Crippen MR) is 243 cm³/mol. The smallest absolute Gasteiger partial charge is 0.333 e. The molecule has 0 aromatic heterocycles. The van der Waals surface area contributed by atoms with Crippen LogP contribution in [0.3, 0.4) is 0 Å². The fourth-order valence-electron chi connectivity index (χ4n) is 13.3. The second-order valence-corrected chi connectivity index (χ2v) is 24.3. The van der Waals surface area contributed by atoms with Crippen LogP contribution in [-0.2, 0) is 85.6 Å². The molecule has 0 radical (unpaired) electrons. The van der Waals surface area contributed by atoms with Crippen LogP contribution in [0.5, 0.6) is 0 Å². The second kappa shape index (κ2) is 19.7. The highest BCUT2D eigenvalue weighted by Crippen LogP contribution is 2.64. The zero-order valence-electron chi connectivity index (χ0n) is 42.1. The van der Waals surface area contributed by atoms with E-state index in [0.29, 0.717) is 63.3 Å². The Morgan fingerprint density at radius 2 is 1.13 bits per heavy atom. The Morgan fingerprint density at radius 1 is 0.629 bits per heavy atom. The summed E-state index contributed by atoms with van der Waals surface area (Å²) in [6, 6.07) is 0. The molecule has 6 aliphatic carbocycles. The van der Waals surface area contributed by atoms with E-state index in [-0.39, 0.29) is 90.9 Å². The van der Waals surface area contributed by atoms with Crippen molar-refractivity contribution in [2.75, 3.05) is 53.2 Å². The lowest BCUT2D eigenvalue weighted by molar-refractivity contribution is -0.214. The molecule has 0 aromatic rings. The van der Waals surface area contributed by atoms with Gasteiger partial charge in [-0.15, -0.1) is 0 Å². The van der Waals surface area contributed by atoms with Gasteiger partial charge in [0.25, 0.3) is 0 Å². The average molecular weight is 987 g/mol. The number of hydrogen-bond donors (Lipinski definition) is 0. The molecule has 5 heterocycles. The largest absolute Gasteiger partial charge is 0.458 e. The first kappa shape index (κ1) is 51.4. The van der Waals surface area contributed by atoms with Crippen molar-refractivity contribution in [3.8, 4) is 0 Å². The quantitative estimate of drug-likeness (QED) is 0.0659. The third-order valence-corrected chi connectivity index (χ3v) is 15.8. The van der Waals surface area contributed by atoms with Crippen LogP contribution in [0.25, 0.3) is 0 Å². The Labute approximate surface area is 410 Å². The topological polar surface area (TPSA) is 205 Å². The van der Waals surface area contributed by atoms with Gasteiger partial charge in [0.15, 0.2) is 12.2 Å². The number of carbonyl (C=O) groups is 5. The fourth-order valence-corrected chi connectivity index (χ4v) is 13.3. The lowest BCUT2D eigenvalue weighted by atomic mass is 9.48. The molecule has 16 unspecified atom stereocenters. The van der Waals surface area contributed by atoms with E-state index < -0.39 is 71.3 Å². The molecular weight excluding hydrogens is 913 g/mol. The van der Waals surface area contributed by atoms with Gasteiger partial charge in [-0.3, -0.25) is 14.4 Å². The van der Waals surface area contributed by atoms with E-state index in [9.17, 15) is 24.0 Å². The molecule has 16 atom stereocenters. The van der Waals surface area contributed by atoms with E-state index in [1.54, 1.807) is 13.8 Å². The molecule has 5 saturated heterocycles. The van der Waals surface area contributed by atoms with Crippen LogP contribution < -0.4 is 0 Å². The van der Waals surface area contributed by atoms with Gasteiger partial charge in [-0.2, -0.15) is 0 Å². The first-order chi connectivity index (χ1) is 33.0. The number of hydrogen-bond acceptors (Lipinski definition) is 18. The molecule has 0 N–H and O–H groups in total. The fraction of sp³-hybridized carbons (Fsp3) is 0.827. The molecule has 18 heteroatoms. The van der Waals surface area contributed by atoms with Crippen LogP contribution in [0.2, 0.25) is 0 Å². The van der Waals surface area contributed by atoms with Gasteiger partial charge in [0.1, 0.15) is 68.0 Å². The number of esters is 5. The summed E-state index contributed by atoms with van der Waals surface area (Å²) >= 11 is 0. The first-order valence-corrected chi connectivity index (χ1v) is 25.3. The third-order valence-electron chi connectivity index (χ3n) is 15.8. The van der Waals surface area contributed by atoms with Crippen LogP contribution in [0.15, 0.2) is 24.3 Å². The molecule has 6 saturated carbocycles. The molecule has 0 amide bonds. The van der Waals surface area contributed by atoms with Crippen LogP contribution in [0.1, 0.15) is 100 Å². The highest BCUT2D eigenvalue weighted by atomic mass is 16.7. The number of ether oxygens (including phenoxy) is 13. The van der Waals surface area contributed by atoms with E-state index in [4.69, 9.17) is 61.6 Å². The zero-order chi connectivity index (χ0) is 50.1. The monoisotopic (exact) mass is 986 g/mol. The van der Waals surface area contributed by atoms with Crippen LogP contribution in [0.4, 0.5) is 0 Å². The van der Waals surface area contributed by atoms with Gasteiger partial charge in [0, 0.05) is 29.4 Å². The molecule has 11 fully saturated rings. The van der Waals surface area contributed by atoms with Gasteiger partial charge in [-0.05, 0) is 75.0 Å². The summed E-state index contributed by atoms with van der Waals surface area (Å²) in [7, 11) is 0. The van der Waals surface area contributed by atoms with Crippen molar-refractivity contribution in [3.05, 3.63) is 24.3 Å². The molecule has 390 valence electrons. The lowest BCUT2D eigenvalue weighted by Gasteiger charge is -2.59. The molecule has 0 spiro atoms. The van der Waals surface area contributed by atoms with E-state index in [0.717, 1.165) is 32.1 Å². The Morgan fingerprint density at radius 3 is 1.64 bits per heavy atom. The standard InChI is InChI=1S/C27H40O8.C25H34O10/c1-16(2)23(28)35-27-9-17-6-18(10-27)8-26(7-17,13-27)24(29)34-20-12-32-21-19(11-31-22(20)21)33-15-30-14-25(3,4)5;1-11(2)22(26)34-18-12-6-13-17(24(28)35-19(13)18)16(12)23(27)33-15-8-31-20-14(7-30-21(15)20)32-10-29-9-25(3,4)5/h17-22H,1,6-15H2,2-5H3;12-21H,1,6-10H2,2-5H3. The summed E-state index contributed by atoms with van der Waals surface area (Å²) in [5.74, 6) is -3.10. The second-order valence-electron chi connectivity index (χ2n) is 24.3. The summed E-state index contributed by atoms with van der Waals surface area (Å²) in [6.45, 7) is 25.8. The van der Waals surface area contributed by atoms with Gasteiger partial charge in [0.2, 0.25) is 0 Å². The average Bonchev–Trinajstić information content (AvgIpc) is 4.13. The maximum atomic E-state index is 13.6. The van der Waals surface area contributed by atoms with Gasteiger partial charge < -0.3 is 61.6 Å². The maximum absolute atomic E-state index is 13.6. The van der Waals surface area contributed by atoms with Crippen molar-refractivity contribution in [1.82, 2.24) is 0 Å². The Kier molecular flexibility index (Phi) is 14.5. The molecular formula is C52H74O18. The molecule has 11 aliphatic rings. The lowest BCUT2D eigenvalue weighted by Crippen LogP contribution is -2.60. The van der Waals surface area contributed by atoms with Gasteiger partial charge in [-0.1, -0.05) is 54.7 Å². The normalized spacial score (nSPS) is 41.3. The number of carbonyl (C=O) groups excluding carboxylic acids is 5. The number of fused-ring (bicyclic) bond motifs is 3. The molecule has 5 aliphatic heterocycles. The van der Waals surface area contributed by atoms with Crippen molar-refractivity contribution in [1.29, 1.82) is 0 Å². The summed E-state index contributed by atoms with van der Waals surface area (Å²) in [6.07, 6.45) is 1.21. The minimum atomic E-state index is -0.729. The van der Waals surface area contributed by atoms with Gasteiger partial charge in [-0.25, -0.2) is 9.59 Å². The van der Waals surface area contributed by atoms with E-state index in [1.165, 1.54) is 0 Å². The molecule has 0 aromatic carbocycles. The molecule has 18 nitrogen and oxygen atoms in total. The van der Waals surface area contributed by atoms with Crippen LogP contribution in [-0.4, -0.2) is 150 Å². The predicted octanol–water partition coefficient (Wildman–Crippen LogP) is 4.96. The minimum Gasteiger partial charge on any atom is -0.458 e. The van der Waals surface area contributed by atoms with Crippen LogP contribution >= 0.6 is 0 Å².